The Kier molecular flexibility index (Phi) is 6.44. The van der Waals surface area contributed by atoms with Crippen molar-refractivity contribution < 1.29 is 18.0 Å². The molecule has 0 fully saturated rings. The highest BCUT2D eigenvalue weighted by molar-refractivity contribution is 8.00. The van der Waals surface area contributed by atoms with Gasteiger partial charge in [0.2, 0.25) is 5.91 Å². The summed E-state index contributed by atoms with van der Waals surface area (Å²) in [5.41, 5.74) is 0.181. The molecule has 1 N–H and O–H groups in total. The van der Waals surface area contributed by atoms with Gasteiger partial charge in [-0.3, -0.25) is 4.79 Å². The molecule has 0 aliphatic heterocycles. The van der Waals surface area contributed by atoms with Crippen molar-refractivity contribution in [2.75, 3.05) is 5.32 Å². The van der Waals surface area contributed by atoms with Crippen LogP contribution in [0.1, 0.15) is 45.7 Å². The summed E-state index contributed by atoms with van der Waals surface area (Å²) in [6.45, 7) is 8.12. The number of aromatic nitrogens is 4. The first-order valence-corrected chi connectivity index (χ1v) is 10.6. The van der Waals surface area contributed by atoms with Crippen LogP contribution in [0, 0.1) is 0 Å². The summed E-state index contributed by atoms with van der Waals surface area (Å²) in [6.07, 6.45) is -2.08. The van der Waals surface area contributed by atoms with Crippen LogP contribution in [-0.2, 0) is 17.5 Å². The molecule has 0 aliphatic rings. The number of hydrogen-bond acceptors (Lipinski definition) is 4. The fourth-order valence-corrected chi connectivity index (χ4v) is 4.02. The first kappa shape index (κ1) is 22.2. The maximum Gasteiger partial charge on any atom is 0.416 e. The molecule has 1 unspecified atom stereocenters. The number of nitrogens with zero attached hydrogens (tertiary/aromatic N) is 4. The van der Waals surface area contributed by atoms with E-state index < -0.39 is 17.0 Å². The number of halogens is 3. The molecular formula is C20H24F3N5OS. The van der Waals surface area contributed by atoms with Crippen LogP contribution in [0.5, 0.6) is 0 Å². The molecule has 0 saturated heterocycles. The van der Waals surface area contributed by atoms with E-state index in [2.05, 4.69) is 15.4 Å². The lowest BCUT2D eigenvalue weighted by Gasteiger charge is -2.15. The Labute approximate surface area is 176 Å². The number of nitrogens with one attached hydrogen (secondary N) is 1. The lowest BCUT2D eigenvalue weighted by molar-refractivity contribution is -0.137. The largest absolute Gasteiger partial charge is 0.416 e. The second kappa shape index (κ2) is 8.71. The Bertz CT molecular complexity index is 1040. The second-order valence-electron chi connectivity index (χ2n) is 7.25. The predicted octanol–water partition coefficient (Wildman–Crippen LogP) is 5.36. The van der Waals surface area contributed by atoms with Crippen molar-refractivity contribution in [3.8, 4) is 0 Å². The van der Waals surface area contributed by atoms with Crippen molar-refractivity contribution in [1.82, 2.24) is 19.3 Å². The summed E-state index contributed by atoms with van der Waals surface area (Å²) in [6, 6.07) is 5.34. The molecule has 6 nitrogen and oxygen atoms in total. The Morgan fingerprint density at radius 1 is 1.23 bits per heavy atom. The van der Waals surface area contributed by atoms with Crippen LogP contribution in [0.25, 0.3) is 11.0 Å². The van der Waals surface area contributed by atoms with Gasteiger partial charge < -0.3 is 9.88 Å². The number of carbonyl (C=O) groups excluding carboxylic acids is 1. The van der Waals surface area contributed by atoms with Gasteiger partial charge in [-0.05, 0) is 45.4 Å². The van der Waals surface area contributed by atoms with Crippen molar-refractivity contribution in [2.24, 2.45) is 0 Å². The molecule has 10 heteroatoms. The van der Waals surface area contributed by atoms with Gasteiger partial charge in [0.05, 0.1) is 28.0 Å². The molecule has 0 spiro atoms. The van der Waals surface area contributed by atoms with Gasteiger partial charge in [0.15, 0.2) is 5.16 Å². The fraction of sp³-hybridized carbons (Fsp3) is 0.450. The number of alkyl halides is 3. The highest BCUT2D eigenvalue weighted by Gasteiger charge is 2.31. The van der Waals surface area contributed by atoms with E-state index in [1.807, 2.05) is 20.8 Å². The van der Waals surface area contributed by atoms with Crippen LogP contribution in [0.2, 0.25) is 0 Å². The maximum atomic E-state index is 13.1. The highest BCUT2D eigenvalue weighted by Crippen LogP contribution is 2.34. The number of imidazole rings is 1. The Hall–Kier alpha value is -2.49. The first-order chi connectivity index (χ1) is 14.1. The third-order valence-electron chi connectivity index (χ3n) is 4.55. The van der Waals surface area contributed by atoms with Crippen LogP contribution < -0.4 is 5.32 Å². The molecular weight excluding hydrogens is 415 g/mol. The smallest absolute Gasteiger partial charge is 0.319 e. The monoisotopic (exact) mass is 439 g/mol. The average molecular weight is 440 g/mol. The molecule has 0 aliphatic carbocycles. The standard InChI is InChI=1S/C20H24F3N5OS/c1-5-10-27-16-11-14(20(21,22)23)6-7-15(16)25-19(27)30-13(4)18(29)26-17-8-9-24-28(17)12(2)3/h6-9,11-13H,5,10H2,1-4H3,(H,26,29). The zero-order valence-corrected chi connectivity index (χ0v) is 18.0. The number of aryl methyl sites for hydroxylation is 1. The Morgan fingerprint density at radius 3 is 2.60 bits per heavy atom. The Morgan fingerprint density at radius 2 is 1.97 bits per heavy atom. The fourth-order valence-electron chi connectivity index (χ4n) is 3.07. The normalized spacial score (nSPS) is 13.2. The molecule has 162 valence electrons. The van der Waals surface area contributed by atoms with Crippen LogP contribution in [-0.4, -0.2) is 30.5 Å². The van der Waals surface area contributed by atoms with Gasteiger partial charge in [-0.15, -0.1) is 0 Å². The van der Waals surface area contributed by atoms with Crippen LogP contribution in [0.3, 0.4) is 0 Å². The number of benzene rings is 1. The van der Waals surface area contributed by atoms with Crippen molar-refractivity contribution in [1.29, 1.82) is 0 Å². The number of carbonyl (C=O) groups is 1. The number of amides is 1. The van der Waals surface area contributed by atoms with Gasteiger partial charge in [0, 0.05) is 18.7 Å². The van der Waals surface area contributed by atoms with E-state index in [1.165, 1.54) is 17.8 Å². The van der Waals surface area contributed by atoms with Crippen molar-refractivity contribution >= 4 is 34.5 Å². The van der Waals surface area contributed by atoms with E-state index in [1.54, 1.807) is 28.4 Å². The van der Waals surface area contributed by atoms with Gasteiger partial charge in [-0.2, -0.15) is 18.3 Å². The second-order valence-corrected chi connectivity index (χ2v) is 8.56. The Balaban J connectivity index is 1.85. The summed E-state index contributed by atoms with van der Waals surface area (Å²) >= 11 is 1.22. The van der Waals surface area contributed by atoms with E-state index in [4.69, 9.17) is 0 Å². The zero-order chi connectivity index (χ0) is 22.1. The van der Waals surface area contributed by atoms with Gasteiger partial charge in [0.1, 0.15) is 5.82 Å². The molecule has 3 aromatic rings. The highest BCUT2D eigenvalue weighted by atomic mass is 32.2. The van der Waals surface area contributed by atoms with Crippen LogP contribution >= 0.6 is 11.8 Å². The lowest BCUT2D eigenvalue weighted by atomic mass is 10.2. The lowest BCUT2D eigenvalue weighted by Crippen LogP contribution is -2.25. The number of fused-ring (bicyclic) bond motifs is 1. The van der Waals surface area contributed by atoms with Gasteiger partial charge >= 0.3 is 6.18 Å². The summed E-state index contributed by atoms with van der Waals surface area (Å²) in [5.74, 6) is 0.368. The molecule has 1 amide bonds. The van der Waals surface area contributed by atoms with E-state index in [-0.39, 0.29) is 11.9 Å². The topological polar surface area (TPSA) is 64.7 Å². The van der Waals surface area contributed by atoms with Crippen molar-refractivity contribution in [3.05, 3.63) is 36.0 Å². The number of anilines is 1. The molecule has 0 saturated carbocycles. The van der Waals surface area contributed by atoms with E-state index in [0.29, 0.717) is 28.6 Å². The summed E-state index contributed by atoms with van der Waals surface area (Å²) in [7, 11) is 0. The molecule has 0 bridgehead atoms. The SMILES string of the molecule is CCCn1c(SC(C)C(=O)Nc2ccnn2C(C)C)nc2ccc(C(F)(F)F)cc21. The van der Waals surface area contributed by atoms with E-state index >= 15 is 0 Å². The molecule has 2 heterocycles. The van der Waals surface area contributed by atoms with E-state index in [0.717, 1.165) is 18.6 Å². The molecule has 0 radical (unpaired) electrons. The molecule has 3 rings (SSSR count). The van der Waals surface area contributed by atoms with Crippen LogP contribution in [0.4, 0.5) is 19.0 Å². The number of hydrogen-bond donors (Lipinski definition) is 1. The average Bonchev–Trinajstić information content (AvgIpc) is 3.26. The maximum absolute atomic E-state index is 13.1. The predicted molar refractivity (Wildman–Crippen MR) is 112 cm³/mol. The zero-order valence-electron chi connectivity index (χ0n) is 17.2. The van der Waals surface area contributed by atoms with Crippen molar-refractivity contribution in [2.45, 2.75) is 63.3 Å². The minimum atomic E-state index is -4.42. The van der Waals surface area contributed by atoms with Crippen molar-refractivity contribution in [3.63, 3.8) is 0 Å². The first-order valence-electron chi connectivity index (χ1n) is 9.70. The molecule has 30 heavy (non-hydrogen) atoms. The summed E-state index contributed by atoms with van der Waals surface area (Å²) < 4.78 is 42.8. The van der Waals surface area contributed by atoms with Gasteiger partial charge in [-0.1, -0.05) is 18.7 Å². The van der Waals surface area contributed by atoms with Gasteiger partial charge in [0.25, 0.3) is 0 Å². The summed E-state index contributed by atoms with van der Waals surface area (Å²) in [5, 5.41) is 7.07. The molecule has 2 aromatic heterocycles. The van der Waals surface area contributed by atoms with Gasteiger partial charge in [-0.25, -0.2) is 9.67 Å². The minimum Gasteiger partial charge on any atom is -0.319 e. The van der Waals surface area contributed by atoms with E-state index in [9.17, 15) is 18.0 Å². The number of thioether (sulfide) groups is 1. The quantitative estimate of drug-likeness (QED) is 0.503. The molecule has 1 atom stereocenters. The third kappa shape index (κ3) is 4.63. The van der Waals surface area contributed by atoms with Crippen LogP contribution in [0.15, 0.2) is 35.6 Å². The summed E-state index contributed by atoms with van der Waals surface area (Å²) in [4.78, 5) is 17.2. The third-order valence-corrected chi connectivity index (χ3v) is 5.64. The number of rotatable bonds is 7. The molecule has 1 aromatic carbocycles. The minimum absolute atomic E-state index is 0.0924.